The fourth-order valence-electron chi connectivity index (χ4n) is 2.37. The normalized spacial score (nSPS) is 13.0. The Hall–Kier alpha value is -1.78. The number of rotatable bonds is 6. The molecule has 5 heteroatoms. The zero-order valence-electron chi connectivity index (χ0n) is 13.8. The summed E-state index contributed by atoms with van der Waals surface area (Å²) >= 11 is 0. The van der Waals surface area contributed by atoms with Crippen molar-refractivity contribution >= 4 is 29.1 Å². The summed E-state index contributed by atoms with van der Waals surface area (Å²) in [5.41, 5.74) is 6.70. The topological polar surface area (TPSA) is 64.3 Å². The van der Waals surface area contributed by atoms with Crippen molar-refractivity contribution < 1.29 is 9.53 Å². The Kier molecular flexibility index (Phi) is 7.33. The van der Waals surface area contributed by atoms with E-state index in [0.717, 1.165) is 28.5 Å². The van der Waals surface area contributed by atoms with Crippen LogP contribution in [0.2, 0.25) is 0 Å². The summed E-state index contributed by atoms with van der Waals surface area (Å²) in [6, 6.07) is 12.1. The van der Waals surface area contributed by atoms with Gasteiger partial charge in [-0.1, -0.05) is 24.3 Å². The number of hydrogen-bond acceptors (Lipinski definition) is 3. The number of methoxy groups -OCH3 is 1. The molecule has 3 N–H and O–H groups in total. The third-order valence-corrected chi connectivity index (χ3v) is 3.86. The summed E-state index contributed by atoms with van der Waals surface area (Å²) in [6.07, 6.45) is 0.788. The second-order valence-corrected chi connectivity index (χ2v) is 5.75. The monoisotopic (exact) mass is 336 g/mol. The first-order valence-corrected chi connectivity index (χ1v) is 7.62. The molecule has 0 radical (unpaired) electrons. The van der Waals surface area contributed by atoms with Gasteiger partial charge in [0.05, 0.1) is 13.0 Å². The van der Waals surface area contributed by atoms with E-state index in [1.165, 1.54) is 0 Å². The Bertz CT molecular complexity index is 659. The SMILES string of the molecule is COc1ccc2cc(C(C)C(=O)NCCC(C)N)ccc2c1.Cl. The van der Waals surface area contributed by atoms with Gasteiger partial charge in [0.25, 0.3) is 0 Å². The van der Waals surface area contributed by atoms with E-state index in [1.54, 1.807) is 7.11 Å². The van der Waals surface area contributed by atoms with Gasteiger partial charge in [0, 0.05) is 12.6 Å². The summed E-state index contributed by atoms with van der Waals surface area (Å²) in [4.78, 5) is 12.2. The van der Waals surface area contributed by atoms with E-state index in [9.17, 15) is 4.79 Å². The maximum absolute atomic E-state index is 12.2. The van der Waals surface area contributed by atoms with Crippen molar-refractivity contribution in [3.05, 3.63) is 42.0 Å². The lowest BCUT2D eigenvalue weighted by molar-refractivity contribution is -0.122. The van der Waals surface area contributed by atoms with Crippen molar-refractivity contribution in [2.75, 3.05) is 13.7 Å². The maximum Gasteiger partial charge on any atom is 0.227 e. The molecular weight excluding hydrogens is 312 g/mol. The first kappa shape index (κ1) is 19.3. The van der Waals surface area contributed by atoms with E-state index in [0.29, 0.717) is 6.54 Å². The summed E-state index contributed by atoms with van der Waals surface area (Å²) in [5, 5.41) is 5.15. The van der Waals surface area contributed by atoms with Crippen LogP contribution in [0.25, 0.3) is 10.8 Å². The van der Waals surface area contributed by atoms with E-state index in [-0.39, 0.29) is 30.3 Å². The van der Waals surface area contributed by atoms with Crippen molar-refractivity contribution in [2.45, 2.75) is 32.2 Å². The lowest BCUT2D eigenvalue weighted by Gasteiger charge is -2.14. The molecule has 0 saturated carbocycles. The predicted octanol–water partition coefficient (Wildman–Crippen LogP) is 3.23. The molecule has 0 aliphatic rings. The summed E-state index contributed by atoms with van der Waals surface area (Å²) in [7, 11) is 1.66. The zero-order chi connectivity index (χ0) is 16.1. The number of carbonyl (C=O) groups excluding carboxylic acids is 1. The van der Waals surface area contributed by atoms with Gasteiger partial charge >= 0.3 is 0 Å². The molecule has 2 aromatic rings. The minimum Gasteiger partial charge on any atom is -0.497 e. The highest BCUT2D eigenvalue weighted by atomic mass is 35.5. The number of benzene rings is 2. The smallest absolute Gasteiger partial charge is 0.227 e. The van der Waals surface area contributed by atoms with Gasteiger partial charge in [-0.2, -0.15) is 0 Å². The molecule has 0 spiro atoms. The Morgan fingerprint density at radius 2 is 1.83 bits per heavy atom. The molecule has 0 fully saturated rings. The molecule has 23 heavy (non-hydrogen) atoms. The van der Waals surface area contributed by atoms with Gasteiger partial charge in [0.15, 0.2) is 0 Å². The van der Waals surface area contributed by atoms with Gasteiger partial charge in [-0.15, -0.1) is 12.4 Å². The zero-order valence-corrected chi connectivity index (χ0v) is 14.7. The fraction of sp³-hybridized carbons (Fsp3) is 0.389. The Morgan fingerprint density at radius 1 is 1.17 bits per heavy atom. The molecule has 2 unspecified atom stereocenters. The van der Waals surface area contributed by atoms with Crippen LogP contribution in [0.4, 0.5) is 0 Å². The number of amides is 1. The third-order valence-electron chi connectivity index (χ3n) is 3.86. The number of fused-ring (bicyclic) bond motifs is 1. The van der Waals surface area contributed by atoms with Crippen LogP contribution < -0.4 is 15.8 Å². The van der Waals surface area contributed by atoms with Crippen molar-refractivity contribution in [3.8, 4) is 5.75 Å². The average molecular weight is 337 g/mol. The highest BCUT2D eigenvalue weighted by molar-refractivity contribution is 5.88. The lowest BCUT2D eigenvalue weighted by Crippen LogP contribution is -2.31. The quantitative estimate of drug-likeness (QED) is 0.851. The molecule has 0 heterocycles. The standard InChI is InChI=1S/C18H24N2O2.ClH/c1-12(19)8-9-20-18(21)13(2)14-4-5-16-11-17(22-3)7-6-15(16)10-14;/h4-7,10-13H,8-9,19H2,1-3H3,(H,20,21);1H. The van der Waals surface area contributed by atoms with E-state index >= 15 is 0 Å². The van der Waals surface area contributed by atoms with Gasteiger partial charge in [0.1, 0.15) is 5.75 Å². The molecule has 0 aromatic heterocycles. The van der Waals surface area contributed by atoms with Gasteiger partial charge in [-0.3, -0.25) is 4.79 Å². The first-order chi connectivity index (χ1) is 10.5. The molecule has 2 rings (SSSR count). The van der Waals surface area contributed by atoms with Crippen LogP contribution in [-0.2, 0) is 4.79 Å². The van der Waals surface area contributed by atoms with Crippen molar-refractivity contribution in [1.82, 2.24) is 5.32 Å². The number of nitrogens with one attached hydrogen (secondary N) is 1. The molecule has 0 aliphatic carbocycles. The molecule has 4 nitrogen and oxygen atoms in total. The summed E-state index contributed by atoms with van der Waals surface area (Å²) < 4.78 is 5.23. The van der Waals surface area contributed by atoms with Crippen molar-refractivity contribution in [2.24, 2.45) is 5.73 Å². The number of nitrogens with two attached hydrogens (primary N) is 1. The molecule has 0 aliphatic heterocycles. The van der Waals surface area contributed by atoms with E-state index in [2.05, 4.69) is 11.4 Å². The molecule has 2 atom stereocenters. The van der Waals surface area contributed by atoms with E-state index in [4.69, 9.17) is 10.5 Å². The number of carbonyl (C=O) groups is 1. The van der Waals surface area contributed by atoms with Gasteiger partial charge < -0.3 is 15.8 Å². The molecule has 1 amide bonds. The molecule has 2 aromatic carbocycles. The second-order valence-electron chi connectivity index (χ2n) is 5.75. The minimum atomic E-state index is -0.181. The van der Waals surface area contributed by atoms with Crippen molar-refractivity contribution in [1.29, 1.82) is 0 Å². The Balaban J connectivity index is 0.00000264. The van der Waals surface area contributed by atoms with Crippen LogP contribution in [-0.4, -0.2) is 25.6 Å². The van der Waals surface area contributed by atoms with Crippen molar-refractivity contribution in [3.63, 3.8) is 0 Å². The predicted molar refractivity (Wildman–Crippen MR) is 97.4 cm³/mol. The number of halogens is 1. The lowest BCUT2D eigenvalue weighted by atomic mass is 9.97. The third kappa shape index (κ3) is 5.12. The van der Waals surface area contributed by atoms with Gasteiger partial charge in [0.2, 0.25) is 5.91 Å². The molecule has 0 bridgehead atoms. The Morgan fingerprint density at radius 3 is 2.48 bits per heavy atom. The number of hydrogen-bond donors (Lipinski definition) is 2. The fourth-order valence-corrected chi connectivity index (χ4v) is 2.37. The largest absolute Gasteiger partial charge is 0.497 e. The van der Waals surface area contributed by atoms with Gasteiger partial charge in [-0.05, 0) is 48.7 Å². The van der Waals surface area contributed by atoms with Crippen LogP contribution in [0.1, 0.15) is 31.7 Å². The number of ether oxygens (including phenoxy) is 1. The summed E-state index contributed by atoms with van der Waals surface area (Å²) in [5.74, 6) is 0.690. The average Bonchev–Trinajstić information content (AvgIpc) is 2.52. The second kappa shape index (κ2) is 8.75. The maximum atomic E-state index is 12.2. The minimum absolute atomic E-state index is 0. The van der Waals surface area contributed by atoms with E-state index < -0.39 is 0 Å². The van der Waals surface area contributed by atoms with E-state index in [1.807, 2.05) is 44.2 Å². The first-order valence-electron chi connectivity index (χ1n) is 7.62. The van der Waals surface area contributed by atoms with Crippen LogP contribution in [0.5, 0.6) is 5.75 Å². The Labute approximate surface area is 143 Å². The van der Waals surface area contributed by atoms with Crippen LogP contribution in [0.3, 0.4) is 0 Å². The van der Waals surface area contributed by atoms with Crippen LogP contribution in [0, 0.1) is 0 Å². The molecule has 0 saturated heterocycles. The molecular formula is C18H25ClN2O2. The highest BCUT2D eigenvalue weighted by Crippen LogP contribution is 2.25. The summed E-state index contributed by atoms with van der Waals surface area (Å²) in [6.45, 7) is 4.48. The molecule has 126 valence electrons. The van der Waals surface area contributed by atoms with Crippen LogP contribution >= 0.6 is 12.4 Å². The van der Waals surface area contributed by atoms with Gasteiger partial charge in [-0.25, -0.2) is 0 Å². The highest BCUT2D eigenvalue weighted by Gasteiger charge is 2.15. The van der Waals surface area contributed by atoms with Crippen LogP contribution in [0.15, 0.2) is 36.4 Å².